The maximum Gasteiger partial charge on any atom is 0.139 e. The third-order valence-corrected chi connectivity index (χ3v) is 5.47. The molecular weight excluding hydrogens is 320 g/mol. The maximum absolute atomic E-state index is 9.25. The fraction of sp³-hybridized carbons (Fsp3) is 0.389. The topological polar surface area (TPSA) is 59.9 Å². The molecule has 3 N–H and O–H groups in total. The third kappa shape index (κ3) is 2.92. The molecule has 126 valence electrons. The zero-order chi connectivity index (χ0) is 16.5. The Morgan fingerprint density at radius 3 is 3.12 bits per heavy atom. The van der Waals surface area contributed by atoms with Crippen LogP contribution >= 0.6 is 11.3 Å². The first-order valence-electron chi connectivity index (χ1n) is 8.39. The van der Waals surface area contributed by atoms with Crippen LogP contribution in [0.15, 0.2) is 35.3 Å². The number of anilines is 2. The van der Waals surface area contributed by atoms with E-state index in [-0.39, 0.29) is 6.61 Å². The molecule has 0 aliphatic carbocycles. The van der Waals surface area contributed by atoms with Gasteiger partial charge in [0.1, 0.15) is 10.8 Å². The minimum absolute atomic E-state index is 0.213. The van der Waals surface area contributed by atoms with Crippen molar-refractivity contribution in [2.45, 2.75) is 19.4 Å². The summed E-state index contributed by atoms with van der Waals surface area (Å²) in [7, 11) is 0. The van der Waals surface area contributed by atoms with Crippen molar-refractivity contribution in [1.82, 2.24) is 10.2 Å². The first-order chi connectivity index (χ1) is 11.7. The Morgan fingerprint density at radius 1 is 1.38 bits per heavy atom. The maximum atomic E-state index is 9.25. The minimum Gasteiger partial charge on any atom is -0.396 e. The van der Waals surface area contributed by atoms with Gasteiger partial charge in [-0.2, -0.15) is 0 Å². The zero-order valence-corrected chi connectivity index (χ0v) is 14.6. The second kappa shape index (κ2) is 6.55. The Kier molecular flexibility index (Phi) is 4.26. The fourth-order valence-corrected chi connectivity index (χ4v) is 4.27. The largest absolute Gasteiger partial charge is 0.396 e. The molecule has 0 saturated carbocycles. The van der Waals surface area contributed by atoms with Gasteiger partial charge in [0.05, 0.1) is 16.9 Å². The van der Waals surface area contributed by atoms with Crippen molar-refractivity contribution in [3.63, 3.8) is 0 Å². The molecule has 2 aromatic rings. The number of aliphatic imine (C=N–C) groups is 1. The number of para-hydroxylation sites is 2. The predicted molar refractivity (Wildman–Crippen MR) is 100 cm³/mol. The first kappa shape index (κ1) is 15.6. The predicted octanol–water partition coefficient (Wildman–Crippen LogP) is 2.85. The summed E-state index contributed by atoms with van der Waals surface area (Å²) in [6, 6.07) is 10.7. The summed E-state index contributed by atoms with van der Waals surface area (Å²) in [6.07, 6.45) is 0.772. The molecule has 0 radical (unpaired) electrons. The van der Waals surface area contributed by atoms with E-state index < -0.39 is 0 Å². The number of benzene rings is 1. The number of piperazine rings is 1. The van der Waals surface area contributed by atoms with Crippen LogP contribution < -0.4 is 10.6 Å². The number of rotatable bonds is 2. The molecule has 1 aromatic carbocycles. The van der Waals surface area contributed by atoms with Crippen LogP contribution in [0.25, 0.3) is 0 Å². The lowest BCUT2D eigenvalue weighted by Crippen LogP contribution is -2.53. The number of thiophene rings is 1. The van der Waals surface area contributed by atoms with Gasteiger partial charge in [-0.15, -0.1) is 11.3 Å². The molecule has 1 atom stereocenters. The monoisotopic (exact) mass is 342 g/mol. The summed E-state index contributed by atoms with van der Waals surface area (Å²) in [5.41, 5.74) is 3.21. The Morgan fingerprint density at radius 2 is 2.25 bits per heavy atom. The number of hydrogen-bond acceptors (Lipinski definition) is 6. The number of hydrogen-bond donors (Lipinski definition) is 3. The van der Waals surface area contributed by atoms with Crippen LogP contribution in [0.2, 0.25) is 0 Å². The lowest BCUT2D eigenvalue weighted by Gasteiger charge is -2.35. The van der Waals surface area contributed by atoms with Gasteiger partial charge in [-0.25, -0.2) is 4.99 Å². The van der Waals surface area contributed by atoms with Gasteiger partial charge in [0.25, 0.3) is 0 Å². The van der Waals surface area contributed by atoms with Gasteiger partial charge in [-0.1, -0.05) is 12.1 Å². The van der Waals surface area contributed by atoms with Gasteiger partial charge in [-0.3, -0.25) is 0 Å². The van der Waals surface area contributed by atoms with Gasteiger partial charge >= 0.3 is 0 Å². The first-order valence-corrected chi connectivity index (χ1v) is 9.21. The zero-order valence-electron chi connectivity index (χ0n) is 13.7. The molecule has 6 heteroatoms. The van der Waals surface area contributed by atoms with Crippen LogP contribution in [0.4, 0.5) is 16.4 Å². The number of aliphatic hydroxyl groups excluding tert-OH is 1. The molecule has 1 aromatic heterocycles. The number of nitrogens with one attached hydrogen (secondary N) is 2. The van der Waals surface area contributed by atoms with Crippen molar-refractivity contribution in [3.8, 4) is 0 Å². The minimum atomic E-state index is 0.213. The smallest absolute Gasteiger partial charge is 0.139 e. The van der Waals surface area contributed by atoms with Crippen molar-refractivity contribution in [2.24, 2.45) is 4.99 Å². The van der Waals surface area contributed by atoms with E-state index >= 15 is 0 Å². The number of nitrogens with zero attached hydrogens (tertiary/aromatic N) is 2. The Hall–Kier alpha value is -1.89. The van der Waals surface area contributed by atoms with Crippen molar-refractivity contribution in [3.05, 3.63) is 40.8 Å². The lowest BCUT2D eigenvalue weighted by atomic mass is 10.1. The molecule has 4 rings (SSSR count). The molecule has 0 bridgehead atoms. The van der Waals surface area contributed by atoms with Crippen molar-refractivity contribution in [1.29, 1.82) is 0 Å². The van der Waals surface area contributed by atoms with Crippen molar-refractivity contribution >= 4 is 33.5 Å². The third-order valence-electron chi connectivity index (χ3n) is 4.51. The quantitative estimate of drug-likeness (QED) is 0.785. The Bertz CT molecular complexity index is 768. The highest BCUT2D eigenvalue weighted by Crippen LogP contribution is 2.39. The summed E-state index contributed by atoms with van der Waals surface area (Å²) in [6.45, 7) is 5.06. The summed E-state index contributed by atoms with van der Waals surface area (Å²) >= 11 is 1.77. The molecule has 2 aliphatic heterocycles. The average molecular weight is 342 g/mol. The van der Waals surface area contributed by atoms with Crippen LogP contribution in [0.5, 0.6) is 0 Å². The second-order valence-corrected chi connectivity index (χ2v) is 7.54. The van der Waals surface area contributed by atoms with Gasteiger partial charge in [0.15, 0.2) is 0 Å². The second-order valence-electron chi connectivity index (χ2n) is 6.29. The van der Waals surface area contributed by atoms with E-state index in [1.807, 2.05) is 12.1 Å². The number of fused-ring (bicyclic) bond motifs is 2. The lowest BCUT2D eigenvalue weighted by molar-refractivity contribution is 0.223. The van der Waals surface area contributed by atoms with Crippen LogP contribution in [0.3, 0.4) is 0 Å². The Balaban J connectivity index is 1.75. The standard InChI is InChI=1S/C18H22N4OS/c1-12-10-14-17(22-8-7-19-13(11-22)6-9-23)20-15-4-2-3-5-16(15)21-18(14)24-12/h2-5,10,13,19,21,23H,6-9,11H2,1H3/t13-/m0/s1. The van der Waals surface area contributed by atoms with E-state index in [9.17, 15) is 5.11 Å². The molecule has 2 aliphatic rings. The van der Waals surface area contributed by atoms with Gasteiger partial charge in [-0.05, 0) is 31.5 Å². The number of aliphatic hydroxyl groups is 1. The summed E-state index contributed by atoms with van der Waals surface area (Å²) < 4.78 is 0. The normalized spacial score (nSPS) is 19.8. The highest BCUT2D eigenvalue weighted by atomic mass is 32.1. The van der Waals surface area contributed by atoms with Crippen LogP contribution in [-0.4, -0.2) is 48.1 Å². The average Bonchev–Trinajstić information content (AvgIpc) is 2.87. The summed E-state index contributed by atoms with van der Waals surface area (Å²) in [5, 5.41) is 17.4. The van der Waals surface area contributed by atoms with Crippen molar-refractivity contribution < 1.29 is 5.11 Å². The van der Waals surface area contributed by atoms with E-state index in [1.165, 1.54) is 10.4 Å². The SMILES string of the molecule is Cc1cc2c(s1)Nc1ccccc1N=C2N1CCN[C@@H](CCO)C1. The molecule has 0 unspecified atom stereocenters. The van der Waals surface area contributed by atoms with E-state index in [1.54, 1.807) is 11.3 Å². The van der Waals surface area contributed by atoms with Crippen LogP contribution in [0.1, 0.15) is 16.9 Å². The number of aryl methyl sites for hydroxylation is 1. The molecule has 24 heavy (non-hydrogen) atoms. The van der Waals surface area contributed by atoms with Gasteiger partial charge in [0, 0.05) is 37.2 Å². The highest BCUT2D eigenvalue weighted by molar-refractivity contribution is 7.16. The van der Waals surface area contributed by atoms with E-state index in [4.69, 9.17) is 4.99 Å². The summed E-state index contributed by atoms with van der Waals surface area (Å²) in [5.74, 6) is 1.04. The molecule has 1 saturated heterocycles. The molecule has 5 nitrogen and oxygen atoms in total. The van der Waals surface area contributed by atoms with Crippen molar-refractivity contribution in [2.75, 3.05) is 31.6 Å². The van der Waals surface area contributed by atoms with E-state index in [0.29, 0.717) is 6.04 Å². The molecular formula is C18H22N4OS. The fourth-order valence-electron chi connectivity index (χ4n) is 3.35. The molecule has 1 fully saturated rings. The number of amidine groups is 1. The van der Waals surface area contributed by atoms with Gasteiger partial charge < -0.3 is 20.6 Å². The van der Waals surface area contributed by atoms with Crippen LogP contribution in [0, 0.1) is 6.92 Å². The van der Waals surface area contributed by atoms with Crippen LogP contribution in [-0.2, 0) is 0 Å². The van der Waals surface area contributed by atoms with E-state index in [2.05, 4.69) is 40.7 Å². The highest BCUT2D eigenvalue weighted by Gasteiger charge is 2.27. The molecule has 0 amide bonds. The van der Waals surface area contributed by atoms with Gasteiger partial charge in [0.2, 0.25) is 0 Å². The Labute approximate surface area is 146 Å². The van der Waals surface area contributed by atoms with E-state index in [0.717, 1.165) is 48.3 Å². The summed E-state index contributed by atoms with van der Waals surface area (Å²) in [4.78, 5) is 8.64. The molecule has 3 heterocycles. The molecule has 0 spiro atoms.